The predicted octanol–water partition coefficient (Wildman–Crippen LogP) is 4.92. The van der Waals surface area contributed by atoms with Gasteiger partial charge in [0.05, 0.1) is 0 Å². The Balaban J connectivity index is 2.85. The SMILES string of the molecule is CCCC1(N(CC)CC(C)C)CCCN(C(=O)OC(C)(C)C)CC1. The molecule has 0 saturated carbocycles. The lowest BCUT2D eigenvalue weighted by molar-refractivity contribution is 0.0225. The maximum absolute atomic E-state index is 12.4. The van der Waals surface area contributed by atoms with Crippen molar-refractivity contribution in [3.8, 4) is 0 Å². The molecule has 142 valence electrons. The second-order valence-electron chi connectivity index (χ2n) is 8.73. The Labute approximate surface area is 149 Å². The zero-order valence-corrected chi connectivity index (χ0v) is 17.2. The van der Waals surface area contributed by atoms with Crippen LogP contribution in [0.15, 0.2) is 0 Å². The van der Waals surface area contributed by atoms with Gasteiger partial charge >= 0.3 is 6.09 Å². The van der Waals surface area contributed by atoms with Gasteiger partial charge in [0.2, 0.25) is 0 Å². The predicted molar refractivity (Wildman–Crippen MR) is 101 cm³/mol. The zero-order valence-electron chi connectivity index (χ0n) is 17.2. The molecule has 1 saturated heterocycles. The topological polar surface area (TPSA) is 32.8 Å². The van der Waals surface area contributed by atoms with Crippen molar-refractivity contribution in [3.05, 3.63) is 0 Å². The number of nitrogens with zero attached hydrogens (tertiary/aromatic N) is 2. The maximum atomic E-state index is 12.4. The molecule has 1 atom stereocenters. The van der Waals surface area contributed by atoms with E-state index in [1.54, 1.807) is 0 Å². The van der Waals surface area contributed by atoms with Gasteiger partial charge in [-0.05, 0) is 58.9 Å². The first-order valence-electron chi connectivity index (χ1n) is 9.86. The minimum absolute atomic E-state index is 0.151. The van der Waals surface area contributed by atoms with Gasteiger partial charge < -0.3 is 9.64 Å². The molecular weight excluding hydrogens is 300 g/mol. The van der Waals surface area contributed by atoms with Crippen LogP contribution in [-0.2, 0) is 4.74 Å². The smallest absolute Gasteiger partial charge is 0.410 e. The molecule has 4 heteroatoms. The van der Waals surface area contributed by atoms with Gasteiger partial charge in [0.1, 0.15) is 5.60 Å². The van der Waals surface area contributed by atoms with Crippen molar-refractivity contribution < 1.29 is 9.53 Å². The summed E-state index contributed by atoms with van der Waals surface area (Å²) in [6.45, 7) is 18.8. The number of hydrogen-bond acceptors (Lipinski definition) is 3. The fourth-order valence-electron chi connectivity index (χ4n) is 3.98. The van der Waals surface area contributed by atoms with Crippen molar-refractivity contribution in [2.75, 3.05) is 26.2 Å². The highest BCUT2D eigenvalue weighted by molar-refractivity contribution is 5.68. The highest BCUT2D eigenvalue weighted by atomic mass is 16.6. The molecule has 1 rings (SSSR count). The number of likely N-dealkylation sites (tertiary alicyclic amines) is 1. The molecular formula is C20H40N2O2. The lowest BCUT2D eigenvalue weighted by atomic mass is 9.83. The molecule has 0 N–H and O–H groups in total. The summed E-state index contributed by atoms with van der Waals surface area (Å²) >= 11 is 0. The fourth-order valence-corrected chi connectivity index (χ4v) is 3.98. The molecule has 0 aromatic heterocycles. The van der Waals surface area contributed by atoms with Crippen LogP contribution < -0.4 is 0 Å². The molecule has 0 radical (unpaired) electrons. The van der Waals surface area contributed by atoms with E-state index in [0.717, 1.165) is 39.0 Å². The van der Waals surface area contributed by atoms with Crippen LogP contribution in [-0.4, -0.2) is 53.2 Å². The third kappa shape index (κ3) is 6.27. The Morgan fingerprint density at radius 3 is 2.38 bits per heavy atom. The van der Waals surface area contributed by atoms with Crippen molar-refractivity contribution >= 4 is 6.09 Å². The Bertz CT molecular complexity index is 390. The number of carbonyl (C=O) groups is 1. The van der Waals surface area contributed by atoms with E-state index in [1.165, 1.54) is 19.3 Å². The first-order valence-corrected chi connectivity index (χ1v) is 9.86. The minimum Gasteiger partial charge on any atom is -0.444 e. The van der Waals surface area contributed by atoms with Crippen molar-refractivity contribution in [2.24, 2.45) is 5.92 Å². The number of hydrogen-bond donors (Lipinski definition) is 0. The van der Waals surface area contributed by atoms with Gasteiger partial charge in [-0.15, -0.1) is 0 Å². The third-order valence-corrected chi connectivity index (χ3v) is 4.92. The quantitative estimate of drug-likeness (QED) is 0.687. The highest BCUT2D eigenvalue weighted by Gasteiger charge is 2.38. The zero-order chi connectivity index (χ0) is 18.4. The standard InChI is InChI=1S/C20H40N2O2/c1-8-11-20(22(9-2)16-17(3)4)12-10-14-21(15-13-20)18(23)24-19(5,6)7/h17H,8-16H2,1-7H3. The van der Waals surface area contributed by atoms with Crippen LogP contribution >= 0.6 is 0 Å². The molecule has 1 amide bonds. The van der Waals surface area contributed by atoms with Gasteiger partial charge in [-0.2, -0.15) is 0 Å². The number of amides is 1. The molecule has 1 aliphatic heterocycles. The average Bonchev–Trinajstić information content (AvgIpc) is 2.66. The second kappa shape index (κ2) is 9.07. The summed E-state index contributed by atoms with van der Waals surface area (Å²) in [6.07, 6.45) is 5.56. The Hall–Kier alpha value is -0.770. The van der Waals surface area contributed by atoms with E-state index < -0.39 is 5.60 Å². The number of ether oxygens (including phenoxy) is 1. The van der Waals surface area contributed by atoms with Gasteiger partial charge in [0.25, 0.3) is 0 Å². The summed E-state index contributed by atoms with van der Waals surface area (Å²) in [5.41, 5.74) is -0.179. The van der Waals surface area contributed by atoms with Crippen molar-refractivity contribution in [2.45, 2.75) is 91.7 Å². The molecule has 4 nitrogen and oxygen atoms in total. The normalized spacial score (nSPS) is 22.8. The molecule has 1 aliphatic rings. The molecule has 1 unspecified atom stereocenters. The molecule has 1 heterocycles. The Kier molecular flexibility index (Phi) is 8.04. The van der Waals surface area contributed by atoms with Crippen molar-refractivity contribution in [3.63, 3.8) is 0 Å². The average molecular weight is 341 g/mol. The summed E-state index contributed by atoms with van der Waals surface area (Å²) in [5.74, 6) is 0.670. The molecule has 24 heavy (non-hydrogen) atoms. The molecule has 0 aromatic rings. The summed E-state index contributed by atoms with van der Waals surface area (Å²) in [5, 5.41) is 0. The van der Waals surface area contributed by atoms with E-state index in [1.807, 2.05) is 25.7 Å². The van der Waals surface area contributed by atoms with E-state index in [-0.39, 0.29) is 11.6 Å². The Morgan fingerprint density at radius 1 is 1.21 bits per heavy atom. The molecule has 1 fully saturated rings. The molecule has 0 bridgehead atoms. The third-order valence-electron chi connectivity index (χ3n) is 4.92. The fraction of sp³-hybridized carbons (Fsp3) is 0.950. The number of rotatable bonds is 6. The van der Waals surface area contributed by atoms with Gasteiger partial charge in [-0.25, -0.2) is 4.79 Å². The van der Waals surface area contributed by atoms with Gasteiger partial charge in [0, 0.05) is 25.2 Å². The van der Waals surface area contributed by atoms with Crippen molar-refractivity contribution in [1.29, 1.82) is 0 Å². The van der Waals surface area contributed by atoms with Crippen LogP contribution in [0, 0.1) is 5.92 Å². The minimum atomic E-state index is -0.420. The highest BCUT2D eigenvalue weighted by Crippen LogP contribution is 2.34. The second-order valence-corrected chi connectivity index (χ2v) is 8.73. The lowest BCUT2D eigenvalue weighted by Gasteiger charge is -2.44. The van der Waals surface area contributed by atoms with Crippen LogP contribution in [0.4, 0.5) is 4.79 Å². The van der Waals surface area contributed by atoms with Crippen LogP contribution in [0.2, 0.25) is 0 Å². The molecule has 0 spiro atoms. The van der Waals surface area contributed by atoms with E-state index in [9.17, 15) is 4.79 Å². The maximum Gasteiger partial charge on any atom is 0.410 e. The van der Waals surface area contributed by atoms with Gasteiger partial charge in [0.15, 0.2) is 0 Å². The lowest BCUT2D eigenvalue weighted by Crippen LogP contribution is -2.51. The van der Waals surface area contributed by atoms with Crippen LogP contribution in [0.1, 0.15) is 80.6 Å². The van der Waals surface area contributed by atoms with Crippen LogP contribution in [0.5, 0.6) is 0 Å². The van der Waals surface area contributed by atoms with E-state index >= 15 is 0 Å². The van der Waals surface area contributed by atoms with Gasteiger partial charge in [-0.1, -0.05) is 34.1 Å². The monoisotopic (exact) mass is 340 g/mol. The Morgan fingerprint density at radius 2 is 1.88 bits per heavy atom. The molecule has 0 aliphatic carbocycles. The first-order chi connectivity index (χ1) is 11.1. The van der Waals surface area contributed by atoms with E-state index in [2.05, 4.69) is 32.6 Å². The first kappa shape index (κ1) is 21.3. The van der Waals surface area contributed by atoms with Crippen LogP contribution in [0.3, 0.4) is 0 Å². The summed E-state index contributed by atoms with van der Waals surface area (Å²) in [4.78, 5) is 17.0. The van der Waals surface area contributed by atoms with Gasteiger partial charge in [-0.3, -0.25) is 4.90 Å². The van der Waals surface area contributed by atoms with E-state index in [0.29, 0.717) is 5.92 Å². The summed E-state index contributed by atoms with van der Waals surface area (Å²) in [6, 6.07) is 0. The van der Waals surface area contributed by atoms with Crippen molar-refractivity contribution in [1.82, 2.24) is 9.80 Å². The van der Waals surface area contributed by atoms with E-state index in [4.69, 9.17) is 4.74 Å². The summed E-state index contributed by atoms with van der Waals surface area (Å²) < 4.78 is 5.59. The molecule has 0 aromatic carbocycles. The largest absolute Gasteiger partial charge is 0.444 e. The number of carbonyl (C=O) groups excluding carboxylic acids is 1. The summed E-state index contributed by atoms with van der Waals surface area (Å²) in [7, 11) is 0. The van der Waals surface area contributed by atoms with Crippen LogP contribution in [0.25, 0.3) is 0 Å².